The number of nitrogens with zero attached hydrogens (tertiary/aromatic N) is 1. The lowest BCUT2D eigenvalue weighted by molar-refractivity contribution is -0.131. The Morgan fingerprint density at radius 3 is 2.83 bits per heavy atom. The van der Waals surface area contributed by atoms with Crippen molar-refractivity contribution < 1.29 is 9.53 Å². The van der Waals surface area contributed by atoms with E-state index < -0.39 is 0 Å². The first-order chi connectivity index (χ1) is 8.72. The Morgan fingerprint density at radius 2 is 2.17 bits per heavy atom. The molecule has 2 aliphatic carbocycles. The van der Waals surface area contributed by atoms with Gasteiger partial charge in [0.2, 0.25) is 0 Å². The quantitative estimate of drug-likeness (QED) is 0.765. The number of hydrogen-bond acceptors (Lipinski definition) is 3. The smallest absolute Gasteiger partial charge is 0.141 e. The van der Waals surface area contributed by atoms with Crippen molar-refractivity contribution in [1.29, 1.82) is 0 Å². The zero-order valence-corrected chi connectivity index (χ0v) is 11.4. The van der Waals surface area contributed by atoms with E-state index in [4.69, 9.17) is 4.74 Å². The second-order valence-corrected chi connectivity index (χ2v) is 6.64. The maximum Gasteiger partial charge on any atom is 0.141 e. The van der Waals surface area contributed by atoms with Gasteiger partial charge in [-0.3, -0.25) is 4.79 Å². The van der Waals surface area contributed by atoms with Crippen molar-refractivity contribution in [3.05, 3.63) is 0 Å². The average molecular weight is 251 g/mol. The van der Waals surface area contributed by atoms with Crippen molar-refractivity contribution in [1.82, 2.24) is 4.90 Å². The molecule has 3 rings (SSSR count). The number of carbonyl (C=O) groups excluding carboxylic acids is 1. The summed E-state index contributed by atoms with van der Waals surface area (Å²) in [5.74, 6) is 3.43. The fourth-order valence-electron chi connectivity index (χ4n) is 4.30. The average Bonchev–Trinajstić information content (AvgIpc) is 2.94. The Kier molecular flexibility index (Phi) is 3.71. The number of Topliss-reactive ketones (excluding diaryl/α,β-unsaturated/α-hetero) is 1. The molecule has 2 saturated carbocycles. The standard InChI is InChI=1S/C15H25NO2/c1-16(9-14-10-18-5-4-15(14)17)8-13-7-11-2-3-12(13)6-11/h11-14H,2-10H2,1H3. The number of ether oxygens (including phenoxy) is 1. The van der Waals surface area contributed by atoms with Crippen LogP contribution in [0.1, 0.15) is 32.1 Å². The summed E-state index contributed by atoms with van der Waals surface area (Å²) in [6.07, 6.45) is 6.45. The van der Waals surface area contributed by atoms with Crippen LogP contribution in [-0.2, 0) is 9.53 Å². The van der Waals surface area contributed by atoms with Gasteiger partial charge >= 0.3 is 0 Å². The predicted octanol–water partition coefficient (Wildman–Crippen LogP) is 1.96. The molecule has 1 heterocycles. The van der Waals surface area contributed by atoms with E-state index in [9.17, 15) is 4.79 Å². The van der Waals surface area contributed by atoms with Crippen LogP contribution in [0.2, 0.25) is 0 Å². The summed E-state index contributed by atoms with van der Waals surface area (Å²) >= 11 is 0. The minimum absolute atomic E-state index is 0.127. The van der Waals surface area contributed by atoms with Crippen molar-refractivity contribution >= 4 is 5.78 Å². The zero-order chi connectivity index (χ0) is 12.5. The topological polar surface area (TPSA) is 29.5 Å². The summed E-state index contributed by atoms with van der Waals surface area (Å²) in [5.41, 5.74) is 0. The number of carbonyl (C=O) groups is 1. The van der Waals surface area contributed by atoms with Crippen LogP contribution >= 0.6 is 0 Å². The summed E-state index contributed by atoms with van der Waals surface area (Å²) in [5, 5.41) is 0. The second-order valence-electron chi connectivity index (χ2n) is 6.64. The molecule has 2 bridgehead atoms. The largest absolute Gasteiger partial charge is 0.380 e. The van der Waals surface area contributed by atoms with Crippen LogP contribution in [0.4, 0.5) is 0 Å². The maximum absolute atomic E-state index is 11.8. The van der Waals surface area contributed by atoms with E-state index in [1.807, 2.05) is 0 Å². The first kappa shape index (κ1) is 12.6. The molecule has 102 valence electrons. The molecule has 3 aliphatic rings. The summed E-state index contributed by atoms with van der Waals surface area (Å²) < 4.78 is 5.43. The molecule has 0 aromatic rings. The molecule has 4 unspecified atom stereocenters. The van der Waals surface area contributed by atoms with Gasteiger partial charge in [0.15, 0.2) is 0 Å². The first-order valence-corrected chi connectivity index (χ1v) is 7.51. The molecular formula is C15H25NO2. The van der Waals surface area contributed by atoms with Crippen LogP contribution < -0.4 is 0 Å². The molecule has 0 aromatic heterocycles. The lowest BCUT2D eigenvalue weighted by Crippen LogP contribution is -2.39. The molecule has 3 nitrogen and oxygen atoms in total. The highest BCUT2D eigenvalue weighted by atomic mass is 16.5. The highest BCUT2D eigenvalue weighted by molar-refractivity contribution is 5.82. The number of hydrogen-bond donors (Lipinski definition) is 0. The molecule has 0 aromatic carbocycles. The van der Waals surface area contributed by atoms with Crippen LogP contribution in [-0.4, -0.2) is 44.0 Å². The van der Waals surface area contributed by atoms with Gasteiger partial charge in [0.05, 0.1) is 19.1 Å². The number of fused-ring (bicyclic) bond motifs is 2. The molecule has 1 aliphatic heterocycles. The maximum atomic E-state index is 11.8. The predicted molar refractivity (Wildman–Crippen MR) is 70.4 cm³/mol. The van der Waals surface area contributed by atoms with Gasteiger partial charge in [-0.25, -0.2) is 0 Å². The molecule has 3 fully saturated rings. The summed E-state index contributed by atoms with van der Waals surface area (Å²) in [4.78, 5) is 14.2. The Balaban J connectivity index is 1.46. The highest BCUT2D eigenvalue weighted by Gasteiger charge is 2.39. The Hall–Kier alpha value is -0.410. The van der Waals surface area contributed by atoms with Crippen molar-refractivity contribution in [2.75, 3.05) is 33.4 Å². The molecule has 0 amide bonds. The zero-order valence-electron chi connectivity index (χ0n) is 11.4. The monoisotopic (exact) mass is 251 g/mol. The minimum atomic E-state index is 0.127. The Bertz CT molecular complexity index is 318. The molecule has 4 atom stereocenters. The summed E-state index contributed by atoms with van der Waals surface area (Å²) in [6.45, 7) is 3.35. The van der Waals surface area contributed by atoms with Gasteiger partial charge in [-0.2, -0.15) is 0 Å². The van der Waals surface area contributed by atoms with Crippen molar-refractivity contribution in [2.45, 2.75) is 32.1 Å². The minimum Gasteiger partial charge on any atom is -0.380 e. The fraction of sp³-hybridized carbons (Fsp3) is 0.933. The van der Waals surface area contributed by atoms with Gasteiger partial charge in [0.1, 0.15) is 5.78 Å². The lowest BCUT2D eigenvalue weighted by atomic mass is 9.88. The second kappa shape index (κ2) is 5.30. The Labute approximate surface area is 110 Å². The lowest BCUT2D eigenvalue weighted by Gasteiger charge is -2.30. The van der Waals surface area contributed by atoms with Gasteiger partial charge in [0, 0.05) is 19.5 Å². The third-order valence-electron chi connectivity index (χ3n) is 5.23. The van der Waals surface area contributed by atoms with Gasteiger partial charge in [-0.05, 0) is 44.1 Å². The molecular weight excluding hydrogens is 226 g/mol. The molecule has 3 heteroatoms. The van der Waals surface area contributed by atoms with Crippen LogP contribution in [0.3, 0.4) is 0 Å². The van der Waals surface area contributed by atoms with Crippen LogP contribution in [0.15, 0.2) is 0 Å². The van der Waals surface area contributed by atoms with E-state index in [0.717, 1.165) is 24.3 Å². The molecule has 0 N–H and O–H groups in total. The molecule has 0 spiro atoms. The number of rotatable bonds is 4. The molecule has 18 heavy (non-hydrogen) atoms. The van der Waals surface area contributed by atoms with Crippen LogP contribution in [0, 0.1) is 23.7 Å². The fourth-order valence-corrected chi connectivity index (χ4v) is 4.30. The Morgan fingerprint density at radius 1 is 1.28 bits per heavy atom. The normalized spacial score (nSPS) is 39.8. The van der Waals surface area contributed by atoms with E-state index >= 15 is 0 Å². The van der Waals surface area contributed by atoms with Crippen molar-refractivity contribution in [3.8, 4) is 0 Å². The third kappa shape index (κ3) is 2.62. The SMILES string of the molecule is CN(CC1COCCC1=O)CC1CC2CCC1C2. The van der Waals surface area contributed by atoms with Gasteiger partial charge in [0.25, 0.3) is 0 Å². The van der Waals surface area contributed by atoms with E-state index in [2.05, 4.69) is 11.9 Å². The summed E-state index contributed by atoms with van der Waals surface area (Å²) in [6, 6.07) is 0. The molecule has 0 radical (unpaired) electrons. The van der Waals surface area contributed by atoms with E-state index in [-0.39, 0.29) is 5.92 Å². The van der Waals surface area contributed by atoms with Gasteiger partial charge in [-0.15, -0.1) is 0 Å². The van der Waals surface area contributed by atoms with E-state index in [0.29, 0.717) is 25.4 Å². The van der Waals surface area contributed by atoms with Gasteiger partial charge < -0.3 is 9.64 Å². The third-order valence-corrected chi connectivity index (χ3v) is 5.23. The van der Waals surface area contributed by atoms with Crippen LogP contribution in [0.25, 0.3) is 0 Å². The van der Waals surface area contributed by atoms with Crippen molar-refractivity contribution in [3.63, 3.8) is 0 Å². The van der Waals surface area contributed by atoms with E-state index in [1.54, 1.807) is 0 Å². The molecule has 1 saturated heterocycles. The van der Waals surface area contributed by atoms with E-state index in [1.165, 1.54) is 32.2 Å². The van der Waals surface area contributed by atoms with Gasteiger partial charge in [-0.1, -0.05) is 6.42 Å². The van der Waals surface area contributed by atoms with Crippen LogP contribution in [0.5, 0.6) is 0 Å². The summed E-state index contributed by atoms with van der Waals surface area (Å²) in [7, 11) is 2.17. The highest BCUT2D eigenvalue weighted by Crippen LogP contribution is 2.48. The van der Waals surface area contributed by atoms with Crippen molar-refractivity contribution in [2.24, 2.45) is 23.7 Å². The first-order valence-electron chi connectivity index (χ1n) is 7.51. The number of ketones is 1.